The quantitative estimate of drug-likeness (QED) is 0.666. The van der Waals surface area contributed by atoms with E-state index >= 15 is 0 Å². The fourth-order valence-corrected chi connectivity index (χ4v) is 3.97. The number of rotatable bonds is 9. The lowest BCUT2D eigenvalue weighted by Crippen LogP contribution is -2.35. The molecule has 0 saturated carbocycles. The standard InChI is InChI=1S/C21H28N2O4S/c1-5-6-17(4)22-21(24)14-27-19-7-9-20(10-8-19)28(25,26)23-18-12-15(2)11-16(3)13-18/h7-13,17,23H,5-6,14H2,1-4H3,(H,22,24). The molecule has 152 valence electrons. The first-order chi connectivity index (χ1) is 13.2. The number of sulfonamides is 1. The molecule has 0 aliphatic carbocycles. The highest BCUT2D eigenvalue weighted by molar-refractivity contribution is 7.92. The van der Waals surface area contributed by atoms with Crippen LogP contribution in [0.5, 0.6) is 5.75 Å². The summed E-state index contributed by atoms with van der Waals surface area (Å²) in [4.78, 5) is 12.0. The number of nitrogens with one attached hydrogen (secondary N) is 2. The maximum Gasteiger partial charge on any atom is 0.261 e. The maximum absolute atomic E-state index is 12.6. The predicted molar refractivity (Wildman–Crippen MR) is 111 cm³/mol. The van der Waals surface area contributed by atoms with Crippen LogP contribution in [0.25, 0.3) is 0 Å². The summed E-state index contributed by atoms with van der Waals surface area (Å²) in [5.41, 5.74) is 2.48. The van der Waals surface area contributed by atoms with E-state index in [-0.39, 0.29) is 23.5 Å². The first-order valence-electron chi connectivity index (χ1n) is 9.33. The molecular formula is C21H28N2O4S. The third-order valence-electron chi connectivity index (χ3n) is 4.11. The summed E-state index contributed by atoms with van der Waals surface area (Å²) in [5.74, 6) is 0.234. The first kappa shape index (κ1) is 21.8. The Hall–Kier alpha value is -2.54. The normalized spacial score (nSPS) is 12.3. The van der Waals surface area contributed by atoms with Gasteiger partial charge in [0, 0.05) is 11.7 Å². The zero-order chi connectivity index (χ0) is 20.7. The first-order valence-corrected chi connectivity index (χ1v) is 10.8. The Morgan fingerprint density at radius 1 is 1.07 bits per heavy atom. The molecule has 0 aliphatic heterocycles. The smallest absolute Gasteiger partial charge is 0.261 e. The van der Waals surface area contributed by atoms with E-state index in [0.29, 0.717) is 11.4 Å². The van der Waals surface area contributed by atoms with E-state index in [1.54, 1.807) is 24.3 Å². The van der Waals surface area contributed by atoms with Gasteiger partial charge in [0.05, 0.1) is 4.90 Å². The van der Waals surface area contributed by atoms with E-state index in [1.165, 1.54) is 12.1 Å². The Kier molecular flexibility index (Phi) is 7.45. The molecule has 0 spiro atoms. The van der Waals surface area contributed by atoms with Gasteiger partial charge >= 0.3 is 0 Å². The summed E-state index contributed by atoms with van der Waals surface area (Å²) in [6, 6.07) is 11.6. The van der Waals surface area contributed by atoms with Gasteiger partial charge in [-0.25, -0.2) is 8.42 Å². The second-order valence-corrected chi connectivity index (χ2v) is 8.68. The van der Waals surface area contributed by atoms with Gasteiger partial charge in [-0.15, -0.1) is 0 Å². The third kappa shape index (κ3) is 6.56. The van der Waals surface area contributed by atoms with E-state index in [9.17, 15) is 13.2 Å². The molecular weight excluding hydrogens is 376 g/mol. The van der Waals surface area contributed by atoms with Gasteiger partial charge in [0.2, 0.25) is 0 Å². The monoisotopic (exact) mass is 404 g/mol. The topological polar surface area (TPSA) is 84.5 Å². The fourth-order valence-electron chi connectivity index (χ4n) is 2.93. The zero-order valence-corrected chi connectivity index (χ0v) is 17.6. The Balaban J connectivity index is 1.98. The molecule has 28 heavy (non-hydrogen) atoms. The maximum atomic E-state index is 12.6. The van der Waals surface area contributed by atoms with Crippen LogP contribution in [0.15, 0.2) is 47.4 Å². The molecule has 2 rings (SSSR count). The lowest BCUT2D eigenvalue weighted by atomic mass is 10.1. The molecule has 1 amide bonds. The minimum absolute atomic E-state index is 0.102. The fraction of sp³-hybridized carbons (Fsp3) is 0.381. The third-order valence-corrected chi connectivity index (χ3v) is 5.50. The van der Waals surface area contributed by atoms with Crippen molar-refractivity contribution in [3.05, 3.63) is 53.6 Å². The molecule has 0 aliphatic rings. The Labute approximate surface area is 167 Å². The minimum atomic E-state index is -3.70. The number of ether oxygens (including phenoxy) is 1. The van der Waals surface area contributed by atoms with Gasteiger partial charge in [0.15, 0.2) is 6.61 Å². The summed E-state index contributed by atoms with van der Waals surface area (Å²) >= 11 is 0. The average Bonchev–Trinajstić information content (AvgIpc) is 2.59. The molecule has 1 atom stereocenters. The molecule has 6 nitrogen and oxygen atoms in total. The van der Waals surface area contributed by atoms with Crippen molar-refractivity contribution in [3.8, 4) is 5.75 Å². The van der Waals surface area contributed by atoms with Crippen molar-refractivity contribution in [2.45, 2.75) is 51.5 Å². The predicted octanol–water partition coefficient (Wildman–Crippen LogP) is 3.79. The second kappa shape index (κ2) is 9.59. The van der Waals surface area contributed by atoms with Crippen LogP contribution in [0.3, 0.4) is 0 Å². The molecule has 2 aromatic carbocycles. The molecule has 7 heteroatoms. The van der Waals surface area contributed by atoms with Crippen LogP contribution in [0.1, 0.15) is 37.8 Å². The van der Waals surface area contributed by atoms with E-state index in [0.717, 1.165) is 24.0 Å². The minimum Gasteiger partial charge on any atom is -0.484 e. The van der Waals surface area contributed by atoms with Crippen molar-refractivity contribution in [3.63, 3.8) is 0 Å². The van der Waals surface area contributed by atoms with Gasteiger partial charge < -0.3 is 10.1 Å². The van der Waals surface area contributed by atoms with E-state index < -0.39 is 10.0 Å². The van der Waals surface area contributed by atoms with Crippen molar-refractivity contribution in [1.29, 1.82) is 0 Å². The highest BCUT2D eigenvalue weighted by Gasteiger charge is 2.15. The number of aryl methyl sites for hydroxylation is 2. The van der Waals surface area contributed by atoms with Gasteiger partial charge in [0.25, 0.3) is 15.9 Å². The van der Waals surface area contributed by atoms with Crippen LogP contribution in [0, 0.1) is 13.8 Å². The van der Waals surface area contributed by atoms with Gasteiger partial charge in [0.1, 0.15) is 5.75 Å². The summed E-state index contributed by atoms with van der Waals surface area (Å²) in [6.45, 7) is 7.72. The second-order valence-electron chi connectivity index (χ2n) is 7.00. The van der Waals surface area contributed by atoms with Gasteiger partial charge in [-0.1, -0.05) is 19.4 Å². The Bertz CT molecular complexity index is 888. The van der Waals surface area contributed by atoms with Crippen LogP contribution in [-0.4, -0.2) is 27.0 Å². The van der Waals surface area contributed by atoms with E-state index in [4.69, 9.17) is 4.74 Å². The summed E-state index contributed by atoms with van der Waals surface area (Å²) in [5, 5.41) is 2.85. The number of benzene rings is 2. The Morgan fingerprint density at radius 3 is 2.25 bits per heavy atom. The van der Waals surface area contributed by atoms with Crippen molar-refractivity contribution in [1.82, 2.24) is 5.32 Å². The van der Waals surface area contributed by atoms with E-state index in [2.05, 4.69) is 17.0 Å². The van der Waals surface area contributed by atoms with E-state index in [1.807, 2.05) is 26.8 Å². The van der Waals surface area contributed by atoms with Crippen LogP contribution < -0.4 is 14.8 Å². The van der Waals surface area contributed by atoms with Gasteiger partial charge in [-0.05, 0) is 74.7 Å². The van der Waals surface area contributed by atoms with Crippen LogP contribution in [-0.2, 0) is 14.8 Å². The zero-order valence-electron chi connectivity index (χ0n) is 16.8. The molecule has 0 saturated heterocycles. The number of carbonyl (C=O) groups is 1. The lowest BCUT2D eigenvalue weighted by Gasteiger charge is -2.13. The average molecular weight is 405 g/mol. The summed E-state index contributed by atoms with van der Waals surface area (Å²) < 4.78 is 33.2. The molecule has 0 aromatic heterocycles. The van der Waals surface area contributed by atoms with Crippen molar-refractivity contribution >= 4 is 21.6 Å². The van der Waals surface area contributed by atoms with Crippen molar-refractivity contribution < 1.29 is 17.9 Å². The van der Waals surface area contributed by atoms with Crippen LogP contribution in [0.2, 0.25) is 0 Å². The number of carbonyl (C=O) groups excluding carboxylic acids is 1. The molecule has 0 heterocycles. The number of hydrogen-bond donors (Lipinski definition) is 2. The summed E-state index contributed by atoms with van der Waals surface area (Å²) in [7, 11) is -3.70. The largest absolute Gasteiger partial charge is 0.484 e. The molecule has 0 radical (unpaired) electrons. The molecule has 1 unspecified atom stereocenters. The molecule has 2 N–H and O–H groups in total. The molecule has 0 bridgehead atoms. The molecule has 2 aromatic rings. The number of amides is 1. The lowest BCUT2D eigenvalue weighted by molar-refractivity contribution is -0.123. The number of hydrogen-bond acceptors (Lipinski definition) is 4. The highest BCUT2D eigenvalue weighted by Crippen LogP contribution is 2.21. The highest BCUT2D eigenvalue weighted by atomic mass is 32.2. The SMILES string of the molecule is CCCC(C)NC(=O)COc1ccc(S(=O)(=O)Nc2cc(C)cc(C)c2)cc1. The van der Waals surface area contributed by atoms with Crippen molar-refractivity contribution in [2.75, 3.05) is 11.3 Å². The van der Waals surface area contributed by atoms with Crippen LogP contribution in [0.4, 0.5) is 5.69 Å². The molecule has 0 fully saturated rings. The summed E-state index contributed by atoms with van der Waals surface area (Å²) in [6.07, 6.45) is 1.90. The van der Waals surface area contributed by atoms with Gasteiger partial charge in [-0.2, -0.15) is 0 Å². The Morgan fingerprint density at radius 2 is 1.68 bits per heavy atom. The van der Waals surface area contributed by atoms with Crippen molar-refractivity contribution in [2.24, 2.45) is 0 Å². The van der Waals surface area contributed by atoms with Crippen LogP contribution >= 0.6 is 0 Å². The van der Waals surface area contributed by atoms with Gasteiger partial charge in [-0.3, -0.25) is 9.52 Å². The number of anilines is 1.